The topological polar surface area (TPSA) is 0 Å². The molecule has 14 heavy (non-hydrogen) atoms. The molecule has 0 aliphatic carbocycles. The number of benzene rings is 1. The Balaban J connectivity index is 2.67. The van der Waals surface area contributed by atoms with Crippen molar-refractivity contribution in [3.05, 3.63) is 53.5 Å². The van der Waals surface area contributed by atoms with E-state index in [-0.39, 0.29) is 18.3 Å². The first-order valence-corrected chi connectivity index (χ1v) is 4.44. The molecule has 74 valence electrons. The quantitative estimate of drug-likeness (QED) is 0.645. The summed E-state index contributed by atoms with van der Waals surface area (Å²) in [7, 11) is 0. The number of halogens is 2. The van der Waals surface area contributed by atoms with E-state index >= 15 is 0 Å². The summed E-state index contributed by atoms with van der Waals surface area (Å²) in [6.45, 7) is 1.53. The van der Waals surface area contributed by atoms with Gasteiger partial charge < -0.3 is 0 Å². The standard InChI is InChI=1S/C12H12F2/c1-10(7-8-13)12(14)9-11-5-3-2-4-6-11/h2-6,8,12H,9H2,1H3. The monoisotopic (exact) mass is 194 g/mol. The zero-order valence-electron chi connectivity index (χ0n) is 8.00. The Morgan fingerprint density at radius 3 is 2.64 bits per heavy atom. The molecule has 0 amide bonds. The maximum atomic E-state index is 13.4. The van der Waals surface area contributed by atoms with Crippen LogP contribution in [0.1, 0.15) is 12.5 Å². The Bertz CT molecular complexity index is 335. The maximum Gasteiger partial charge on any atom is 0.132 e. The molecule has 1 rings (SSSR count). The molecule has 0 aromatic heterocycles. The Kier molecular flexibility index (Phi) is 4.09. The Morgan fingerprint density at radius 1 is 1.43 bits per heavy atom. The van der Waals surface area contributed by atoms with E-state index in [0.29, 0.717) is 0 Å². The molecule has 0 radical (unpaired) electrons. The van der Waals surface area contributed by atoms with E-state index in [1.165, 1.54) is 6.92 Å². The van der Waals surface area contributed by atoms with Crippen LogP contribution < -0.4 is 0 Å². The van der Waals surface area contributed by atoms with Crippen LogP contribution in [0.4, 0.5) is 8.78 Å². The molecule has 2 heteroatoms. The van der Waals surface area contributed by atoms with E-state index in [4.69, 9.17) is 0 Å². The Labute approximate surface area is 82.6 Å². The van der Waals surface area contributed by atoms with E-state index in [0.717, 1.165) is 5.56 Å². The van der Waals surface area contributed by atoms with Crippen LogP contribution in [0.3, 0.4) is 0 Å². The van der Waals surface area contributed by atoms with Crippen LogP contribution in [0.25, 0.3) is 0 Å². The average Bonchev–Trinajstić information content (AvgIpc) is 2.19. The van der Waals surface area contributed by atoms with Gasteiger partial charge in [0.1, 0.15) is 12.5 Å². The van der Waals surface area contributed by atoms with Gasteiger partial charge in [-0.2, -0.15) is 0 Å². The van der Waals surface area contributed by atoms with E-state index in [9.17, 15) is 8.78 Å². The molecule has 0 N–H and O–H groups in total. The summed E-state index contributed by atoms with van der Waals surface area (Å²) in [5.74, 6) is 0. The van der Waals surface area contributed by atoms with Gasteiger partial charge in [-0.3, -0.25) is 0 Å². The second-order valence-electron chi connectivity index (χ2n) is 3.09. The molecule has 0 nitrogen and oxygen atoms in total. The zero-order valence-corrected chi connectivity index (χ0v) is 8.00. The van der Waals surface area contributed by atoms with Gasteiger partial charge >= 0.3 is 0 Å². The molecule has 0 heterocycles. The van der Waals surface area contributed by atoms with Crippen molar-refractivity contribution in [3.8, 4) is 0 Å². The highest BCUT2D eigenvalue weighted by atomic mass is 19.1. The Morgan fingerprint density at radius 2 is 2.07 bits per heavy atom. The van der Waals surface area contributed by atoms with Gasteiger partial charge in [0.05, 0.1) is 0 Å². The molecule has 1 unspecified atom stereocenters. The summed E-state index contributed by atoms with van der Waals surface area (Å²) >= 11 is 0. The van der Waals surface area contributed by atoms with Crippen molar-refractivity contribution in [2.45, 2.75) is 19.5 Å². The fraction of sp³-hybridized carbons (Fsp3) is 0.250. The maximum absolute atomic E-state index is 13.4. The number of alkyl halides is 1. The highest BCUT2D eigenvalue weighted by Gasteiger charge is 2.08. The molecule has 0 saturated heterocycles. The van der Waals surface area contributed by atoms with Crippen LogP contribution in [-0.2, 0) is 6.42 Å². The molecule has 0 spiro atoms. The molecule has 0 fully saturated rings. The molecular weight excluding hydrogens is 182 g/mol. The number of rotatable bonds is 3. The first-order chi connectivity index (χ1) is 6.74. The van der Waals surface area contributed by atoms with Gasteiger partial charge in [0.2, 0.25) is 0 Å². The summed E-state index contributed by atoms with van der Waals surface area (Å²) in [4.78, 5) is 0. The lowest BCUT2D eigenvalue weighted by Crippen LogP contribution is -2.05. The number of allylic oxidation sites excluding steroid dienone is 1. The third-order valence-corrected chi connectivity index (χ3v) is 2.01. The summed E-state index contributed by atoms with van der Waals surface area (Å²) in [5, 5.41) is 0. The van der Waals surface area contributed by atoms with Crippen LogP contribution in [0.2, 0.25) is 0 Å². The van der Waals surface area contributed by atoms with Crippen LogP contribution in [0, 0.1) is 0 Å². The van der Waals surface area contributed by atoms with Crippen molar-refractivity contribution in [2.24, 2.45) is 0 Å². The van der Waals surface area contributed by atoms with Crippen molar-refractivity contribution in [3.63, 3.8) is 0 Å². The summed E-state index contributed by atoms with van der Waals surface area (Å²) in [6.07, 6.45) is -0.648. The van der Waals surface area contributed by atoms with Gasteiger partial charge in [-0.15, -0.1) is 0 Å². The van der Waals surface area contributed by atoms with Gasteiger partial charge in [-0.25, -0.2) is 8.78 Å². The normalized spacial score (nSPS) is 11.6. The first-order valence-electron chi connectivity index (χ1n) is 4.44. The van der Waals surface area contributed by atoms with Crippen LogP contribution in [0.5, 0.6) is 0 Å². The van der Waals surface area contributed by atoms with Crippen LogP contribution >= 0.6 is 0 Å². The van der Waals surface area contributed by atoms with Crippen LogP contribution in [-0.4, -0.2) is 6.17 Å². The lowest BCUT2D eigenvalue weighted by atomic mass is 10.0. The fourth-order valence-electron chi connectivity index (χ4n) is 1.15. The minimum Gasteiger partial charge on any atom is -0.242 e. The SMILES string of the molecule is CC(=C=CF)C(F)Cc1ccccc1. The van der Waals surface area contributed by atoms with Crippen LogP contribution in [0.15, 0.2) is 48.0 Å². The minimum absolute atomic E-state index is 0.243. The molecule has 0 aliphatic rings. The first kappa shape index (κ1) is 10.7. The fourth-order valence-corrected chi connectivity index (χ4v) is 1.15. The van der Waals surface area contributed by atoms with E-state index in [1.54, 1.807) is 0 Å². The van der Waals surface area contributed by atoms with Crippen molar-refractivity contribution in [2.75, 3.05) is 0 Å². The molecular formula is C12H12F2. The molecule has 0 bridgehead atoms. The predicted octanol–water partition coefficient (Wildman–Crippen LogP) is 3.60. The third-order valence-electron chi connectivity index (χ3n) is 2.01. The largest absolute Gasteiger partial charge is 0.242 e. The summed E-state index contributed by atoms with van der Waals surface area (Å²) < 4.78 is 25.1. The van der Waals surface area contributed by atoms with Gasteiger partial charge in [0, 0.05) is 12.0 Å². The lowest BCUT2D eigenvalue weighted by molar-refractivity contribution is 0.380. The molecule has 0 saturated carbocycles. The van der Waals surface area contributed by atoms with Crippen molar-refractivity contribution >= 4 is 0 Å². The summed E-state index contributed by atoms with van der Waals surface area (Å²) in [6, 6.07) is 9.27. The summed E-state index contributed by atoms with van der Waals surface area (Å²) in [5.41, 5.74) is 3.41. The number of hydrogen-bond acceptors (Lipinski definition) is 0. The molecule has 1 aromatic rings. The lowest BCUT2D eigenvalue weighted by Gasteiger charge is -2.06. The van der Waals surface area contributed by atoms with E-state index < -0.39 is 6.17 Å². The molecule has 1 atom stereocenters. The van der Waals surface area contributed by atoms with Gasteiger partial charge in [-0.05, 0) is 12.5 Å². The van der Waals surface area contributed by atoms with Gasteiger partial charge in [0.15, 0.2) is 0 Å². The highest BCUT2D eigenvalue weighted by molar-refractivity contribution is 5.18. The number of hydrogen-bond donors (Lipinski definition) is 0. The van der Waals surface area contributed by atoms with Crippen molar-refractivity contribution < 1.29 is 8.78 Å². The van der Waals surface area contributed by atoms with E-state index in [1.807, 2.05) is 30.3 Å². The van der Waals surface area contributed by atoms with Crippen molar-refractivity contribution in [1.82, 2.24) is 0 Å². The molecule has 0 aliphatic heterocycles. The average molecular weight is 194 g/mol. The smallest absolute Gasteiger partial charge is 0.132 e. The van der Waals surface area contributed by atoms with Gasteiger partial charge in [0.25, 0.3) is 0 Å². The second kappa shape index (κ2) is 5.36. The molecule has 1 aromatic carbocycles. The predicted molar refractivity (Wildman–Crippen MR) is 53.4 cm³/mol. The minimum atomic E-state index is -1.16. The Hall–Kier alpha value is -1.40. The zero-order chi connectivity index (χ0) is 10.4. The second-order valence-corrected chi connectivity index (χ2v) is 3.09. The van der Waals surface area contributed by atoms with E-state index in [2.05, 4.69) is 5.73 Å². The van der Waals surface area contributed by atoms with Crippen molar-refractivity contribution in [1.29, 1.82) is 0 Å². The third kappa shape index (κ3) is 3.15. The highest BCUT2D eigenvalue weighted by Crippen LogP contribution is 2.12. The van der Waals surface area contributed by atoms with Gasteiger partial charge in [-0.1, -0.05) is 36.1 Å².